The van der Waals surface area contributed by atoms with Gasteiger partial charge in [0.05, 0.1) is 23.7 Å². The van der Waals surface area contributed by atoms with Gasteiger partial charge in [-0.1, -0.05) is 51.8 Å². The van der Waals surface area contributed by atoms with Crippen molar-refractivity contribution in [3.63, 3.8) is 0 Å². The molecule has 6 aromatic rings. The summed E-state index contributed by atoms with van der Waals surface area (Å²) in [5.41, 5.74) is 2.62. The molecule has 204 valence electrons. The highest BCUT2D eigenvalue weighted by Crippen LogP contribution is 2.31. The van der Waals surface area contributed by atoms with Crippen molar-refractivity contribution in [2.24, 2.45) is 5.10 Å². The molecule has 0 aliphatic rings. The summed E-state index contributed by atoms with van der Waals surface area (Å²) in [7, 11) is 0. The van der Waals surface area contributed by atoms with Gasteiger partial charge in [-0.15, -0.1) is 0 Å². The van der Waals surface area contributed by atoms with Crippen LogP contribution >= 0.6 is 27.5 Å². The third-order valence-corrected chi connectivity index (χ3v) is 7.10. The minimum atomic E-state index is -0.309. The maximum Gasteiger partial charge on any atom is 0.282 e. The maximum absolute atomic E-state index is 13.6. The Bertz CT molecular complexity index is 1970. The van der Waals surface area contributed by atoms with Gasteiger partial charge in [0.15, 0.2) is 17.3 Å². The van der Waals surface area contributed by atoms with Crippen LogP contribution in [-0.2, 0) is 6.61 Å². The summed E-state index contributed by atoms with van der Waals surface area (Å²) in [4.78, 5) is 18.3. The maximum atomic E-state index is 13.6. The van der Waals surface area contributed by atoms with E-state index in [0.717, 1.165) is 15.4 Å². The van der Waals surface area contributed by atoms with Crippen molar-refractivity contribution >= 4 is 55.6 Å². The molecule has 0 spiro atoms. The first-order valence-electron chi connectivity index (χ1n) is 12.9. The van der Waals surface area contributed by atoms with E-state index >= 15 is 0 Å². The van der Waals surface area contributed by atoms with Gasteiger partial charge in [0.2, 0.25) is 5.82 Å². The number of aromatic nitrogens is 2. The van der Waals surface area contributed by atoms with Crippen LogP contribution in [0.4, 0.5) is 0 Å². The van der Waals surface area contributed by atoms with Gasteiger partial charge in [0.25, 0.3) is 5.56 Å². The minimum Gasteiger partial charge on any atom is -0.490 e. The first kappa shape index (κ1) is 26.8. The fourth-order valence-electron chi connectivity index (χ4n) is 4.37. The van der Waals surface area contributed by atoms with Crippen molar-refractivity contribution in [3.05, 3.63) is 122 Å². The molecule has 0 unspecified atom stereocenters. The standard InChI is InChI=1S/C32H23BrClN3O4/c1-2-39-29-15-21(9-13-28(29)40-19-20-7-11-24(34)12-8-20)18-35-37-31(36-26-6-4-3-5-25(26)32(37)38)30-17-22-16-23(33)10-14-27(22)41-30/h3-18H,2,19H2,1H3. The fraction of sp³-hybridized carbons (Fsp3) is 0.0938. The monoisotopic (exact) mass is 627 g/mol. The number of ether oxygens (including phenoxy) is 2. The van der Waals surface area contributed by atoms with Crippen LogP contribution in [0.5, 0.6) is 11.5 Å². The molecule has 0 amide bonds. The highest BCUT2D eigenvalue weighted by atomic mass is 79.9. The van der Waals surface area contributed by atoms with E-state index in [1.165, 1.54) is 4.68 Å². The van der Waals surface area contributed by atoms with E-state index in [0.29, 0.717) is 63.4 Å². The lowest BCUT2D eigenvalue weighted by Gasteiger charge is -2.13. The number of hydrogen-bond acceptors (Lipinski definition) is 6. The van der Waals surface area contributed by atoms with E-state index in [4.69, 9.17) is 30.5 Å². The van der Waals surface area contributed by atoms with Crippen molar-refractivity contribution in [3.8, 4) is 23.1 Å². The number of hydrogen-bond donors (Lipinski definition) is 0. The van der Waals surface area contributed by atoms with E-state index < -0.39 is 0 Å². The fourth-order valence-corrected chi connectivity index (χ4v) is 4.88. The summed E-state index contributed by atoms with van der Waals surface area (Å²) in [5, 5.41) is 6.56. The Labute approximate surface area is 248 Å². The van der Waals surface area contributed by atoms with Crippen molar-refractivity contribution in [2.75, 3.05) is 6.61 Å². The van der Waals surface area contributed by atoms with E-state index in [2.05, 4.69) is 21.0 Å². The molecule has 9 heteroatoms. The molecule has 0 radical (unpaired) electrons. The highest BCUT2D eigenvalue weighted by molar-refractivity contribution is 9.10. The number of halogens is 2. The molecule has 0 aliphatic heterocycles. The zero-order valence-electron chi connectivity index (χ0n) is 21.9. The third kappa shape index (κ3) is 5.75. The molecule has 7 nitrogen and oxygen atoms in total. The summed E-state index contributed by atoms with van der Waals surface area (Å²) in [6.07, 6.45) is 1.59. The zero-order valence-corrected chi connectivity index (χ0v) is 24.2. The van der Waals surface area contributed by atoms with Crippen LogP contribution in [-0.4, -0.2) is 22.5 Å². The lowest BCUT2D eigenvalue weighted by Crippen LogP contribution is -2.20. The molecule has 0 aliphatic carbocycles. The third-order valence-electron chi connectivity index (χ3n) is 6.35. The Balaban J connectivity index is 1.37. The lowest BCUT2D eigenvalue weighted by atomic mass is 10.2. The van der Waals surface area contributed by atoms with Gasteiger partial charge in [0.1, 0.15) is 12.2 Å². The molecule has 2 aromatic heterocycles. The predicted octanol–water partition coefficient (Wildman–Crippen LogP) is 8.09. The Hall–Kier alpha value is -4.40. The van der Waals surface area contributed by atoms with Crippen molar-refractivity contribution < 1.29 is 13.9 Å². The van der Waals surface area contributed by atoms with E-state index in [1.807, 2.05) is 79.7 Å². The molecule has 2 heterocycles. The minimum absolute atomic E-state index is 0.297. The summed E-state index contributed by atoms with van der Waals surface area (Å²) >= 11 is 9.48. The second-order valence-corrected chi connectivity index (χ2v) is 10.5. The number of furan rings is 1. The molecule has 0 N–H and O–H groups in total. The van der Waals surface area contributed by atoms with Crippen LogP contribution < -0.4 is 15.0 Å². The average molecular weight is 629 g/mol. The number of benzene rings is 4. The van der Waals surface area contributed by atoms with E-state index in [1.54, 1.807) is 24.4 Å². The topological polar surface area (TPSA) is 78.9 Å². The van der Waals surface area contributed by atoms with Crippen molar-refractivity contribution in [1.82, 2.24) is 9.66 Å². The van der Waals surface area contributed by atoms with Crippen LogP contribution in [0, 0.1) is 0 Å². The summed E-state index contributed by atoms with van der Waals surface area (Å²) < 4.78 is 20.1. The summed E-state index contributed by atoms with van der Waals surface area (Å²) in [5.74, 6) is 1.89. The molecule has 0 bridgehead atoms. The second-order valence-electron chi connectivity index (χ2n) is 9.16. The molecule has 0 saturated heterocycles. The number of fused-ring (bicyclic) bond motifs is 2. The Kier molecular flexibility index (Phi) is 7.59. The normalized spacial score (nSPS) is 11.5. The highest BCUT2D eigenvalue weighted by Gasteiger charge is 2.17. The van der Waals surface area contributed by atoms with Crippen molar-refractivity contribution in [1.29, 1.82) is 0 Å². The first-order valence-corrected chi connectivity index (χ1v) is 14.1. The molecule has 6 rings (SSSR count). The van der Waals surface area contributed by atoms with Gasteiger partial charge in [-0.25, -0.2) is 4.98 Å². The smallest absolute Gasteiger partial charge is 0.282 e. The lowest BCUT2D eigenvalue weighted by molar-refractivity contribution is 0.269. The van der Waals surface area contributed by atoms with Crippen LogP contribution in [0.15, 0.2) is 110 Å². The summed E-state index contributed by atoms with van der Waals surface area (Å²) in [6, 6.07) is 27.7. The Morgan fingerprint density at radius 1 is 0.976 bits per heavy atom. The average Bonchev–Trinajstić information content (AvgIpc) is 3.40. The molecule has 0 saturated carbocycles. The van der Waals surface area contributed by atoms with Gasteiger partial charge < -0.3 is 13.9 Å². The van der Waals surface area contributed by atoms with Gasteiger partial charge in [0, 0.05) is 14.9 Å². The predicted molar refractivity (Wildman–Crippen MR) is 165 cm³/mol. The van der Waals surface area contributed by atoms with Gasteiger partial charge in [-0.05, 0) is 84.8 Å². The SMILES string of the molecule is CCOc1cc(C=Nn2c(-c3cc4cc(Br)ccc4o3)nc3ccccc3c2=O)ccc1OCc1ccc(Cl)cc1. The molecule has 4 aromatic carbocycles. The number of nitrogens with zero attached hydrogens (tertiary/aromatic N) is 3. The molecule has 0 atom stereocenters. The number of rotatable bonds is 8. The molecular weight excluding hydrogens is 606 g/mol. The zero-order chi connectivity index (χ0) is 28.3. The molecular formula is C32H23BrClN3O4. The molecule has 0 fully saturated rings. The van der Waals surface area contributed by atoms with Crippen LogP contribution in [0.25, 0.3) is 33.5 Å². The van der Waals surface area contributed by atoms with Crippen LogP contribution in [0.1, 0.15) is 18.1 Å². The Morgan fingerprint density at radius 3 is 2.63 bits per heavy atom. The first-order chi connectivity index (χ1) is 20.0. The van der Waals surface area contributed by atoms with Crippen molar-refractivity contribution in [2.45, 2.75) is 13.5 Å². The largest absolute Gasteiger partial charge is 0.490 e. The van der Waals surface area contributed by atoms with Gasteiger partial charge in [-0.3, -0.25) is 4.79 Å². The summed E-state index contributed by atoms with van der Waals surface area (Å²) in [6.45, 7) is 2.72. The van der Waals surface area contributed by atoms with E-state index in [9.17, 15) is 4.79 Å². The quantitative estimate of drug-likeness (QED) is 0.159. The Morgan fingerprint density at radius 2 is 1.80 bits per heavy atom. The number of para-hydroxylation sites is 1. The second kappa shape index (κ2) is 11.6. The van der Waals surface area contributed by atoms with E-state index in [-0.39, 0.29) is 5.56 Å². The van der Waals surface area contributed by atoms with Crippen LogP contribution in [0.2, 0.25) is 5.02 Å². The van der Waals surface area contributed by atoms with Gasteiger partial charge in [-0.2, -0.15) is 9.78 Å². The van der Waals surface area contributed by atoms with Crippen LogP contribution in [0.3, 0.4) is 0 Å². The van der Waals surface area contributed by atoms with Gasteiger partial charge >= 0.3 is 0 Å². The molecule has 41 heavy (non-hydrogen) atoms.